The third kappa shape index (κ3) is 3.18. The van der Waals surface area contributed by atoms with Crippen LogP contribution >= 0.6 is 11.6 Å². The largest absolute Gasteiger partial charge is 0.439 e. The number of rotatable bonds is 3. The van der Waals surface area contributed by atoms with Crippen molar-refractivity contribution in [2.24, 2.45) is 0 Å². The summed E-state index contributed by atoms with van der Waals surface area (Å²) in [5.74, 6) is 0.619. The van der Waals surface area contributed by atoms with Gasteiger partial charge in [0.05, 0.1) is 4.90 Å². The molecule has 7 heteroatoms. The van der Waals surface area contributed by atoms with E-state index in [9.17, 15) is 8.42 Å². The Morgan fingerprint density at radius 1 is 1.22 bits per heavy atom. The summed E-state index contributed by atoms with van der Waals surface area (Å²) in [5, 5.41) is 0.249. The molecule has 0 saturated carbocycles. The second-order valence-corrected chi connectivity index (χ2v) is 5.93. The molecule has 94 valence electrons. The smallest absolute Gasteiger partial charge is 0.223 e. The minimum atomic E-state index is -3.26. The van der Waals surface area contributed by atoms with Crippen molar-refractivity contribution in [2.75, 3.05) is 6.26 Å². The molecule has 5 nitrogen and oxygen atoms in total. The molecule has 1 aromatic heterocycles. The lowest BCUT2D eigenvalue weighted by Crippen LogP contribution is -1.97. The van der Waals surface area contributed by atoms with Crippen LogP contribution in [0, 0.1) is 0 Å². The highest BCUT2D eigenvalue weighted by molar-refractivity contribution is 7.90. The molecule has 0 atom stereocenters. The number of sulfone groups is 1. The second kappa shape index (κ2) is 4.91. The first kappa shape index (κ1) is 12.8. The number of halogens is 1. The fourth-order valence-corrected chi connectivity index (χ4v) is 2.06. The maximum atomic E-state index is 11.4. The maximum absolute atomic E-state index is 11.4. The number of hydrogen-bond donors (Lipinski definition) is 0. The zero-order valence-corrected chi connectivity index (χ0v) is 10.9. The van der Waals surface area contributed by atoms with Crippen LogP contribution < -0.4 is 4.74 Å². The molecular formula is C11H9ClN2O3S. The van der Waals surface area contributed by atoms with E-state index in [1.807, 2.05) is 0 Å². The van der Waals surface area contributed by atoms with Crippen LogP contribution in [-0.2, 0) is 9.84 Å². The van der Waals surface area contributed by atoms with Gasteiger partial charge in [-0.1, -0.05) is 17.7 Å². The van der Waals surface area contributed by atoms with Crippen LogP contribution in [0.25, 0.3) is 0 Å². The standard InChI is InChI=1S/C11H9ClN2O3S/c1-18(15,16)9-4-2-3-8(5-9)17-11-6-10(12)13-7-14-11/h2-7H,1H3. The number of ether oxygens (including phenoxy) is 1. The molecule has 0 spiro atoms. The first-order valence-electron chi connectivity index (χ1n) is 4.91. The Morgan fingerprint density at radius 3 is 2.67 bits per heavy atom. The molecule has 2 rings (SSSR count). The van der Waals surface area contributed by atoms with E-state index in [1.165, 1.54) is 24.5 Å². The summed E-state index contributed by atoms with van der Waals surface area (Å²) in [7, 11) is -3.26. The van der Waals surface area contributed by atoms with Crippen LogP contribution in [0.5, 0.6) is 11.6 Å². The van der Waals surface area contributed by atoms with Crippen molar-refractivity contribution in [3.8, 4) is 11.6 Å². The SMILES string of the molecule is CS(=O)(=O)c1cccc(Oc2cc(Cl)ncn2)c1. The fourth-order valence-electron chi connectivity index (χ4n) is 1.26. The Bertz CT molecular complexity index is 673. The van der Waals surface area contributed by atoms with Crippen LogP contribution in [0.15, 0.2) is 41.6 Å². The van der Waals surface area contributed by atoms with E-state index in [0.29, 0.717) is 5.75 Å². The zero-order valence-electron chi connectivity index (χ0n) is 9.37. The van der Waals surface area contributed by atoms with Gasteiger partial charge in [-0.2, -0.15) is 0 Å². The predicted octanol–water partition coefficient (Wildman–Crippen LogP) is 2.33. The van der Waals surface area contributed by atoms with Crippen LogP contribution in [0.3, 0.4) is 0 Å². The van der Waals surface area contributed by atoms with E-state index in [0.717, 1.165) is 6.26 Å². The third-order valence-electron chi connectivity index (χ3n) is 2.06. The van der Waals surface area contributed by atoms with E-state index in [4.69, 9.17) is 16.3 Å². The highest BCUT2D eigenvalue weighted by Crippen LogP contribution is 2.23. The number of benzene rings is 1. The van der Waals surface area contributed by atoms with Crippen LogP contribution in [0.1, 0.15) is 0 Å². The van der Waals surface area contributed by atoms with E-state index < -0.39 is 9.84 Å². The van der Waals surface area contributed by atoms with Crippen molar-refractivity contribution < 1.29 is 13.2 Å². The van der Waals surface area contributed by atoms with Crippen molar-refractivity contribution >= 4 is 21.4 Å². The highest BCUT2D eigenvalue weighted by Gasteiger charge is 2.08. The average Bonchev–Trinajstić information content (AvgIpc) is 2.28. The molecule has 18 heavy (non-hydrogen) atoms. The van der Waals surface area contributed by atoms with Gasteiger partial charge >= 0.3 is 0 Å². The summed E-state index contributed by atoms with van der Waals surface area (Å²) in [4.78, 5) is 7.76. The third-order valence-corrected chi connectivity index (χ3v) is 3.38. The molecule has 0 aliphatic heterocycles. The number of hydrogen-bond acceptors (Lipinski definition) is 5. The first-order chi connectivity index (χ1) is 8.45. The van der Waals surface area contributed by atoms with Gasteiger partial charge in [0.2, 0.25) is 5.88 Å². The molecular weight excluding hydrogens is 276 g/mol. The van der Waals surface area contributed by atoms with E-state index in [-0.39, 0.29) is 15.9 Å². The Balaban J connectivity index is 2.30. The molecule has 1 heterocycles. The molecule has 0 aliphatic rings. The highest BCUT2D eigenvalue weighted by atomic mass is 35.5. The fraction of sp³-hybridized carbons (Fsp3) is 0.0909. The van der Waals surface area contributed by atoms with Gasteiger partial charge in [-0.15, -0.1) is 0 Å². The number of aromatic nitrogens is 2. The second-order valence-electron chi connectivity index (χ2n) is 3.53. The minimum Gasteiger partial charge on any atom is -0.439 e. The van der Waals surface area contributed by atoms with Gasteiger partial charge in [0.25, 0.3) is 0 Å². The predicted molar refractivity (Wildman–Crippen MR) is 66.7 cm³/mol. The van der Waals surface area contributed by atoms with Gasteiger partial charge in [0.1, 0.15) is 17.2 Å². The molecule has 0 aliphatic carbocycles. The molecule has 0 saturated heterocycles. The molecule has 0 fully saturated rings. The van der Waals surface area contributed by atoms with Gasteiger partial charge < -0.3 is 4.74 Å². The average molecular weight is 285 g/mol. The quantitative estimate of drug-likeness (QED) is 0.809. The van der Waals surface area contributed by atoms with Crippen molar-refractivity contribution in [2.45, 2.75) is 4.90 Å². The van der Waals surface area contributed by atoms with Gasteiger partial charge in [0.15, 0.2) is 9.84 Å². The van der Waals surface area contributed by atoms with Crippen molar-refractivity contribution in [3.05, 3.63) is 41.8 Å². The molecule has 0 amide bonds. The molecule has 0 radical (unpaired) electrons. The normalized spacial score (nSPS) is 11.2. The Labute approximate surface area is 109 Å². The van der Waals surface area contributed by atoms with Gasteiger partial charge in [-0.05, 0) is 18.2 Å². The summed E-state index contributed by atoms with van der Waals surface area (Å²) in [6, 6.07) is 7.58. The van der Waals surface area contributed by atoms with Crippen molar-refractivity contribution in [1.82, 2.24) is 9.97 Å². The van der Waals surface area contributed by atoms with Crippen molar-refractivity contribution in [1.29, 1.82) is 0 Å². The molecule has 1 aromatic carbocycles. The summed E-state index contributed by atoms with van der Waals surface area (Å²) in [5.41, 5.74) is 0. The minimum absolute atomic E-state index is 0.181. The lowest BCUT2D eigenvalue weighted by Gasteiger charge is -2.05. The molecule has 0 N–H and O–H groups in total. The molecule has 2 aromatic rings. The Hall–Kier alpha value is -1.66. The summed E-state index contributed by atoms with van der Waals surface area (Å²) < 4.78 is 28.2. The molecule has 0 bridgehead atoms. The monoisotopic (exact) mass is 284 g/mol. The summed E-state index contributed by atoms with van der Waals surface area (Å²) in [6.45, 7) is 0. The van der Waals surface area contributed by atoms with Gasteiger partial charge in [0, 0.05) is 12.3 Å². The van der Waals surface area contributed by atoms with Gasteiger partial charge in [-0.25, -0.2) is 18.4 Å². The number of nitrogens with zero attached hydrogens (tertiary/aromatic N) is 2. The summed E-state index contributed by atoms with van der Waals surface area (Å²) >= 11 is 5.69. The first-order valence-corrected chi connectivity index (χ1v) is 7.17. The van der Waals surface area contributed by atoms with Crippen LogP contribution in [0.4, 0.5) is 0 Å². The Morgan fingerprint density at radius 2 is 2.00 bits per heavy atom. The topological polar surface area (TPSA) is 69.2 Å². The van der Waals surface area contributed by atoms with Crippen LogP contribution in [-0.4, -0.2) is 24.6 Å². The lowest BCUT2D eigenvalue weighted by atomic mass is 10.3. The van der Waals surface area contributed by atoms with E-state index >= 15 is 0 Å². The van der Waals surface area contributed by atoms with Crippen molar-refractivity contribution in [3.63, 3.8) is 0 Å². The van der Waals surface area contributed by atoms with Crippen LogP contribution in [0.2, 0.25) is 5.15 Å². The van der Waals surface area contributed by atoms with E-state index in [1.54, 1.807) is 12.1 Å². The lowest BCUT2D eigenvalue weighted by molar-refractivity contribution is 0.460. The van der Waals surface area contributed by atoms with E-state index in [2.05, 4.69) is 9.97 Å². The zero-order chi connectivity index (χ0) is 13.2. The van der Waals surface area contributed by atoms with Gasteiger partial charge in [-0.3, -0.25) is 0 Å². The Kier molecular flexibility index (Phi) is 3.49. The molecule has 0 unspecified atom stereocenters. The summed E-state index contributed by atoms with van der Waals surface area (Å²) in [6.07, 6.45) is 2.39. The maximum Gasteiger partial charge on any atom is 0.223 e.